The minimum Gasteiger partial charge on any atom is -0.447 e. The predicted octanol–water partition coefficient (Wildman–Crippen LogP) is 3.76. The summed E-state index contributed by atoms with van der Waals surface area (Å²) in [5, 5.41) is 4.26. The molecule has 2 fully saturated rings. The average molecular weight is 423 g/mol. The summed E-state index contributed by atoms with van der Waals surface area (Å²) in [6.45, 7) is 5.74. The molecule has 1 amide bonds. The maximum Gasteiger partial charge on any atom is 0.410 e. The molecular formula is C21H27F2N3O4. The zero-order valence-corrected chi connectivity index (χ0v) is 17.3. The normalized spacial score (nSPS) is 17.8. The summed E-state index contributed by atoms with van der Waals surface area (Å²) in [5.41, 5.74) is 0.740. The predicted molar refractivity (Wildman–Crippen MR) is 108 cm³/mol. The summed E-state index contributed by atoms with van der Waals surface area (Å²) in [4.78, 5) is 31.7. The number of benzene rings is 1. The maximum absolute atomic E-state index is 14.2. The van der Waals surface area contributed by atoms with Gasteiger partial charge < -0.3 is 19.4 Å². The van der Waals surface area contributed by atoms with Gasteiger partial charge in [0.2, 0.25) is 0 Å². The number of ether oxygens (including phenoxy) is 1. The smallest absolute Gasteiger partial charge is 0.410 e. The molecule has 3 rings (SSSR count). The van der Waals surface area contributed by atoms with E-state index in [9.17, 15) is 18.4 Å². The van der Waals surface area contributed by atoms with Crippen LogP contribution in [-0.2, 0) is 9.57 Å². The summed E-state index contributed by atoms with van der Waals surface area (Å²) in [6.07, 6.45) is 2.34. The van der Waals surface area contributed by atoms with Gasteiger partial charge >= 0.3 is 6.09 Å². The van der Waals surface area contributed by atoms with Gasteiger partial charge in [-0.1, -0.05) is 5.16 Å². The number of rotatable bonds is 5. The van der Waals surface area contributed by atoms with Crippen molar-refractivity contribution in [1.82, 2.24) is 4.90 Å². The molecule has 0 spiro atoms. The van der Waals surface area contributed by atoms with Crippen molar-refractivity contribution in [3.05, 3.63) is 29.3 Å². The number of amides is 1. The van der Waals surface area contributed by atoms with Crippen molar-refractivity contribution in [1.29, 1.82) is 0 Å². The van der Waals surface area contributed by atoms with Crippen LogP contribution in [0, 0.1) is 11.6 Å². The number of anilines is 1. The molecular weight excluding hydrogens is 396 g/mol. The second-order valence-corrected chi connectivity index (χ2v) is 7.81. The Kier molecular flexibility index (Phi) is 7.23. The number of hydrogen-bond donors (Lipinski definition) is 0. The highest BCUT2D eigenvalue weighted by Crippen LogP contribution is 2.25. The number of nitrogens with zero attached hydrogens (tertiary/aromatic N) is 3. The largest absolute Gasteiger partial charge is 0.447 e. The molecule has 164 valence electrons. The third-order valence-electron chi connectivity index (χ3n) is 5.24. The number of halogens is 2. The molecule has 0 aliphatic carbocycles. The van der Waals surface area contributed by atoms with Crippen LogP contribution in [0.15, 0.2) is 17.3 Å². The molecule has 0 aromatic heterocycles. The number of piperidine rings is 2. The van der Waals surface area contributed by atoms with Crippen LogP contribution >= 0.6 is 0 Å². The number of oxime groups is 1. The second-order valence-electron chi connectivity index (χ2n) is 7.81. The first-order chi connectivity index (χ1) is 14.4. The molecule has 2 aliphatic heterocycles. The van der Waals surface area contributed by atoms with Crippen LogP contribution in [-0.4, -0.2) is 61.4 Å². The van der Waals surface area contributed by atoms with Crippen LogP contribution in [0.25, 0.3) is 0 Å². The number of likely N-dealkylation sites (tertiary alicyclic amines) is 1. The van der Waals surface area contributed by atoms with E-state index in [0.29, 0.717) is 58.1 Å². The van der Waals surface area contributed by atoms with E-state index in [2.05, 4.69) is 5.16 Å². The van der Waals surface area contributed by atoms with E-state index >= 15 is 0 Å². The van der Waals surface area contributed by atoms with Crippen LogP contribution in [0.3, 0.4) is 0 Å². The fourth-order valence-corrected chi connectivity index (χ4v) is 3.55. The van der Waals surface area contributed by atoms with E-state index < -0.39 is 11.6 Å². The summed E-state index contributed by atoms with van der Waals surface area (Å²) in [7, 11) is 0. The van der Waals surface area contributed by atoms with E-state index in [1.54, 1.807) is 9.80 Å². The van der Waals surface area contributed by atoms with Crippen LogP contribution in [0.2, 0.25) is 0 Å². The number of carbonyl (C=O) groups is 2. The zero-order chi connectivity index (χ0) is 21.7. The van der Waals surface area contributed by atoms with E-state index in [-0.39, 0.29) is 29.6 Å². The van der Waals surface area contributed by atoms with Crippen molar-refractivity contribution < 1.29 is 27.9 Å². The lowest BCUT2D eigenvalue weighted by atomic mass is 10.1. The van der Waals surface area contributed by atoms with Crippen molar-refractivity contribution in [3.63, 3.8) is 0 Å². The van der Waals surface area contributed by atoms with Crippen molar-refractivity contribution in [3.8, 4) is 0 Å². The van der Waals surface area contributed by atoms with E-state index in [1.165, 1.54) is 0 Å². The molecule has 1 aromatic carbocycles. The van der Waals surface area contributed by atoms with Gasteiger partial charge in [0.25, 0.3) is 0 Å². The van der Waals surface area contributed by atoms with E-state index in [0.717, 1.165) is 17.8 Å². The monoisotopic (exact) mass is 423 g/mol. The first-order valence-corrected chi connectivity index (χ1v) is 10.2. The molecule has 0 radical (unpaired) electrons. The fourth-order valence-electron chi connectivity index (χ4n) is 3.55. The lowest BCUT2D eigenvalue weighted by Gasteiger charge is -2.32. The molecule has 2 heterocycles. The SMILES string of the molecule is CC(C)OC(=O)N1CCC(ON=C2CCN(c3cc(F)c(C=O)cc3F)CC2)CC1. The molecule has 0 saturated carbocycles. The van der Waals surface area contributed by atoms with Gasteiger partial charge in [-0.05, 0) is 19.9 Å². The molecule has 2 saturated heterocycles. The molecule has 2 aliphatic rings. The summed E-state index contributed by atoms with van der Waals surface area (Å²) < 4.78 is 33.2. The lowest BCUT2D eigenvalue weighted by Crippen LogP contribution is -2.41. The minimum absolute atomic E-state index is 0.0546. The van der Waals surface area contributed by atoms with Gasteiger partial charge in [0.15, 0.2) is 6.29 Å². The molecule has 0 N–H and O–H groups in total. The van der Waals surface area contributed by atoms with E-state index in [4.69, 9.17) is 9.57 Å². The van der Waals surface area contributed by atoms with Crippen molar-refractivity contribution in [2.75, 3.05) is 31.1 Å². The second kappa shape index (κ2) is 9.86. The Morgan fingerprint density at radius 3 is 2.40 bits per heavy atom. The Balaban J connectivity index is 1.46. The van der Waals surface area contributed by atoms with Crippen LogP contribution in [0.5, 0.6) is 0 Å². The minimum atomic E-state index is -0.729. The first kappa shape index (κ1) is 22.0. The molecule has 1 aromatic rings. The molecule has 0 unspecified atom stereocenters. The Labute approximate surface area is 174 Å². The zero-order valence-electron chi connectivity index (χ0n) is 17.3. The van der Waals surface area contributed by atoms with Gasteiger partial charge in [0.1, 0.15) is 17.7 Å². The van der Waals surface area contributed by atoms with Gasteiger partial charge in [-0.3, -0.25) is 4.79 Å². The quantitative estimate of drug-likeness (QED) is 0.533. The van der Waals surface area contributed by atoms with Gasteiger partial charge in [0, 0.05) is 57.9 Å². The third-order valence-corrected chi connectivity index (χ3v) is 5.24. The van der Waals surface area contributed by atoms with Crippen LogP contribution < -0.4 is 4.90 Å². The van der Waals surface area contributed by atoms with E-state index in [1.807, 2.05) is 13.8 Å². The van der Waals surface area contributed by atoms with Crippen LogP contribution in [0.4, 0.5) is 19.3 Å². The first-order valence-electron chi connectivity index (χ1n) is 10.2. The third kappa shape index (κ3) is 5.46. The fraction of sp³-hybridized carbons (Fsp3) is 0.571. The summed E-state index contributed by atoms with van der Waals surface area (Å²) in [5.74, 6) is -1.34. The molecule has 0 bridgehead atoms. The summed E-state index contributed by atoms with van der Waals surface area (Å²) >= 11 is 0. The highest BCUT2D eigenvalue weighted by atomic mass is 19.1. The lowest BCUT2D eigenvalue weighted by molar-refractivity contribution is 0.00415. The topological polar surface area (TPSA) is 71.4 Å². The Morgan fingerprint density at radius 1 is 1.13 bits per heavy atom. The van der Waals surface area contributed by atoms with Crippen molar-refractivity contribution >= 4 is 23.8 Å². The number of hydrogen-bond acceptors (Lipinski definition) is 6. The van der Waals surface area contributed by atoms with Gasteiger partial charge in [-0.15, -0.1) is 0 Å². The van der Waals surface area contributed by atoms with Crippen molar-refractivity contribution in [2.45, 2.75) is 51.7 Å². The molecule has 0 atom stereocenters. The number of aldehydes is 1. The molecule has 30 heavy (non-hydrogen) atoms. The number of carbonyl (C=O) groups excluding carboxylic acids is 2. The standard InChI is InChI=1S/C21H27F2N3O4/c1-14(2)29-21(28)26-9-5-17(6-10-26)30-24-16-3-7-25(8-4-16)20-12-18(22)15(13-27)11-19(20)23/h11-14,17H,3-10H2,1-2H3. The Hall–Kier alpha value is -2.71. The van der Waals surface area contributed by atoms with Crippen molar-refractivity contribution in [2.24, 2.45) is 5.16 Å². The molecule has 9 heteroatoms. The van der Waals surface area contributed by atoms with Gasteiger partial charge in [-0.25, -0.2) is 13.6 Å². The highest BCUT2D eigenvalue weighted by molar-refractivity contribution is 5.86. The Bertz CT molecular complexity index is 798. The molecule has 7 nitrogen and oxygen atoms in total. The maximum atomic E-state index is 14.2. The Morgan fingerprint density at radius 2 is 1.80 bits per heavy atom. The highest BCUT2D eigenvalue weighted by Gasteiger charge is 2.26. The average Bonchev–Trinajstić information content (AvgIpc) is 2.74. The van der Waals surface area contributed by atoms with Gasteiger partial charge in [-0.2, -0.15) is 0 Å². The summed E-state index contributed by atoms with van der Waals surface area (Å²) in [6, 6.07) is 1.99. The van der Waals surface area contributed by atoms with Gasteiger partial charge in [0.05, 0.1) is 23.1 Å². The van der Waals surface area contributed by atoms with Crippen LogP contribution in [0.1, 0.15) is 49.9 Å².